The Kier molecular flexibility index (Phi) is 9.99. The molecule has 0 aliphatic carbocycles. The average molecular weight is 427 g/mol. The Morgan fingerprint density at radius 3 is 2.00 bits per heavy atom. The van der Waals surface area contributed by atoms with Crippen molar-refractivity contribution in [1.29, 1.82) is 0 Å². The standard InChI is InChI=1S/C22H30N6O3/c23-22(24)25-13-7-12-19(21(30)31)27-20(29)14-26-28(15-17-8-3-1-4-9-17)16-18-10-5-2-6-11-18/h1-6,8-11,19,26H,7,12-16H2,(H,27,29)(H,30,31)(H4,23,24,25). The number of hydrogen-bond donors (Lipinski definition) is 5. The molecule has 0 heterocycles. The van der Waals surface area contributed by atoms with Crippen LogP contribution in [0.2, 0.25) is 0 Å². The maximum Gasteiger partial charge on any atom is 0.326 e. The number of nitrogens with two attached hydrogens (primary N) is 2. The lowest BCUT2D eigenvalue weighted by atomic mass is 10.1. The summed E-state index contributed by atoms with van der Waals surface area (Å²) in [6.07, 6.45) is 0.673. The molecule has 0 saturated heterocycles. The Labute approximate surface area is 182 Å². The van der Waals surface area contributed by atoms with Crippen LogP contribution in [0.25, 0.3) is 0 Å². The second-order valence-electron chi connectivity index (χ2n) is 7.07. The second kappa shape index (κ2) is 13.0. The average Bonchev–Trinajstić information content (AvgIpc) is 2.75. The van der Waals surface area contributed by atoms with Crippen molar-refractivity contribution >= 4 is 17.8 Å². The molecule has 1 unspecified atom stereocenters. The first-order chi connectivity index (χ1) is 14.9. The van der Waals surface area contributed by atoms with Crippen LogP contribution in [0, 0.1) is 0 Å². The summed E-state index contributed by atoms with van der Waals surface area (Å²) < 4.78 is 0. The van der Waals surface area contributed by atoms with Gasteiger partial charge in [0.25, 0.3) is 0 Å². The lowest BCUT2D eigenvalue weighted by Gasteiger charge is -2.24. The molecular weight excluding hydrogens is 396 g/mol. The van der Waals surface area contributed by atoms with Crippen LogP contribution in [0.3, 0.4) is 0 Å². The fourth-order valence-electron chi connectivity index (χ4n) is 2.97. The number of hydrazine groups is 1. The van der Waals surface area contributed by atoms with E-state index in [2.05, 4.69) is 15.7 Å². The van der Waals surface area contributed by atoms with Crippen LogP contribution in [0.4, 0.5) is 0 Å². The lowest BCUT2D eigenvalue weighted by molar-refractivity contribution is -0.142. The van der Waals surface area contributed by atoms with E-state index < -0.39 is 17.9 Å². The number of nitrogens with zero attached hydrogens (tertiary/aromatic N) is 2. The van der Waals surface area contributed by atoms with Crippen LogP contribution in [-0.2, 0) is 22.7 Å². The third-order valence-electron chi connectivity index (χ3n) is 4.47. The number of benzene rings is 2. The molecule has 9 nitrogen and oxygen atoms in total. The summed E-state index contributed by atoms with van der Waals surface area (Å²) in [5.41, 5.74) is 15.8. The summed E-state index contributed by atoms with van der Waals surface area (Å²) in [5.74, 6) is -1.54. The van der Waals surface area contributed by atoms with Gasteiger partial charge >= 0.3 is 5.97 Å². The number of guanidine groups is 1. The van der Waals surface area contributed by atoms with E-state index in [1.54, 1.807) is 0 Å². The molecular formula is C22H30N6O3. The van der Waals surface area contributed by atoms with Gasteiger partial charge in [0.1, 0.15) is 6.04 Å². The van der Waals surface area contributed by atoms with Crippen molar-refractivity contribution in [2.45, 2.75) is 32.0 Å². The highest BCUT2D eigenvalue weighted by Crippen LogP contribution is 2.08. The maximum atomic E-state index is 12.4. The molecule has 0 fully saturated rings. The largest absolute Gasteiger partial charge is 0.480 e. The van der Waals surface area contributed by atoms with Crippen LogP contribution in [0.5, 0.6) is 0 Å². The highest BCUT2D eigenvalue weighted by atomic mass is 16.4. The molecule has 166 valence electrons. The Balaban J connectivity index is 1.91. The smallest absolute Gasteiger partial charge is 0.326 e. The number of hydrogen-bond acceptors (Lipinski definition) is 5. The third-order valence-corrected chi connectivity index (χ3v) is 4.47. The van der Waals surface area contributed by atoms with E-state index in [-0.39, 0.29) is 18.9 Å². The molecule has 2 aromatic rings. The summed E-state index contributed by atoms with van der Waals surface area (Å²) in [6, 6.07) is 18.8. The molecule has 31 heavy (non-hydrogen) atoms. The van der Waals surface area contributed by atoms with E-state index in [9.17, 15) is 14.7 Å². The maximum absolute atomic E-state index is 12.4. The van der Waals surface area contributed by atoms with E-state index in [0.29, 0.717) is 26.1 Å². The van der Waals surface area contributed by atoms with Gasteiger partial charge < -0.3 is 21.9 Å². The Morgan fingerprint density at radius 1 is 0.968 bits per heavy atom. The zero-order valence-corrected chi connectivity index (χ0v) is 17.4. The van der Waals surface area contributed by atoms with Crippen LogP contribution < -0.4 is 22.2 Å². The quantitative estimate of drug-likeness (QED) is 0.138. The van der Waals surface area contributed by atoms with Gasteiger partial charge in [-0.25, -0.2) is 15.2 Å². The molecule has 0 spiro atoms. The van der Waals surface area contributed by atoms with Crippen LogP contribution in [-0.4, -0.2) is 47.1 Å². The molecule has 0 saturated carbocycles. The van der Waals surface area contributed by atoms with Crippen molar-refractivity contribution in [2.24, 2.45) is 16.5 Å². The molecule has 0 aliphatic rings. The number of aliphatic imine (C=N–C) groups is 1. The molecule has 1 atom stereocenters. The minimum absolute atomic E-state index is 0.0443. The van der Waals surface area contributed by atoms with Crippen molar-refractivity contribution in [2.75, 3.05) is 13.1 Å². The van der Waals surface area contributed by atoms with E-state index in [1.165, 1.54) is 0 Å². The topological polar surface area (TPSA) is 146 Å². The lowest BCUT2D eigenvalue weighted by Crippen LogP contribution is -2.48. The molecule has 1 amide bonds. The van der Waals surface area contributed by atoms with Crippen molar-refractivity contribution in [3.05, 3.63) is 71.8 Å². The number of nitrogens with one attached hydrogen (secondary N) is 2. The van der Waals surface area contributed by atoms with Crippen molar-refractivity contribution in [3.8, 4) is 0 Å². The fourth-order valence-corrected chi connectivity index (χ4v) is 2.97. The first kappa shape index (κ1) is 23.8. The number of carboxylic acids is 1. The van der Waals surface area contributed by atoms with Gasteiger partial charge in [0, 0.05) is 19.6 Å². The Morgan fingerprint density at radius 2 is 1.52 bits per heavy atom. The Hall–Kier alpha value is -3.43. The molecule has 0 aromatic heterocycles. The van der Waals surface area contributed by atoms with E-state index in [1.807, 2.05) is 65.7 Å². The van der Waals surface area contributed by atoms with E-state index in [0.717, 1.165) is 11.1 Å². The minimum Gasteiger partial charge on any atom is -0.480 e. The summed E-state index contributed by atoms with van der Waals surface area (Å²) in [4.78, 5) is 27.7. The monoisotopic (exact) mass is 426 g/mol. The molecule has 0 bridgehead atoms. The van der Waals surface area contributed by atoms with E-state index >= 15 is 0 Å². The van der Waals surface area contributed by atoms with Gasteiger partial charge in [0.15, 0.2) is 5.96 Å². The van der Waals surface area contributed by atoms with Crippen LogP contribution in [0.15, 0.2) is 65.7 Å². The summed E-state index contributed by atoms with van der Waals surface area (Å²) in [6.45, 7) is 1.44. The zero-order valence-electron chi connectivity index (χ0n) is 17.4. The highest BCUT2D eigenvalue weighted by molar-refractivity contribution is 5.84. The summed E-state index contributed by atoms with van der Waals surface area (Å²) >= 11 is 0. The predicted molar refractivity (Wildman–Crippen MR) is 120 cm³/mol. The summed E-state index contributed by atoms with van der Waals surface area (Å²) in [5, 5.41) is 13.8. The zero-order chi connectivity index (χ0) is 22.5. The van der Waals surface area contributed by atoms with Gasteiger partial charge in [-0.3, -0.25) is 9.79 Å². The highest BCUT2D eigenvalue weighted by Gasteiger charge is 2.19. The fraction of sp³-hybridized carbons (Fsp3) is 0.318. The summed E-state index contributed by atoms with van der Waals surface area (Å²) in [7, 11) is 0. The molecule has 0 aliphatic heterocycles. The number of aliphatic carboxylic acids is 1. The molecule has 0 radical (unpaired) electrons. The molecule has 2 aromatic carbocycles. The van der Waals surface area contributed by atoms with Gasteiger partial charge in [-0.2, -0.15) is 0 Å². The first-order valence-corrected chi connectivity index (χ1v) is 10.1. The molecule has 9 heteroatoms. The molecule has 7 N–H and O–H groups in total. The SMILES string of the molecule is NC(N)=NCCCC(NC(=O)CNN(Cc1ccccc1)Cc1ccccc1)C(=O)O. The third kappa shape index (κ3) is 9.75. The van der Waals surface area contributed by atoms with Gasteiger partial charge in [-0.1, -0.05) is 60.7 Å². The number of amides is 1. The van der Waals surface area contributed by atoms with Crippen molar-refractivity contribution in [3.63, 3.8) is 0 Å². The van der Waals surface area contributed by atoms with Crippen molar-refractivity contribution < 1.29 is 14.7 Å². The van der Waals surface area contributed by atoms with Crippen LogP contribution in [0.1, 0.15) is 24.0 Å². The predicted octanol–water partition coefficient (Wildman–Crippen LogP) is 0.816. The van der Waals surface area contributed by atoms with Gasteiger partial charge in [0.05, 0.1) is 6.54 Å². The van der Waals surface area contributed by atoms with Gasteiger partial charge in [0.2, 0.25) is 5.91 Å². The normalized spacial score (nSPS) is 11.6. The number of carboxylic acid groups (broad SMARTS) is 1. The number of rotatable bonds is 13. The Bertz CT molecular complexity index is 799. The number of carbonyl (C=O) groups is 2. The van der Waals surface area contributed by atoms with Gasteiger partial charge in [-0.15, -0.1) is 0 Å². The van der Waals surface area contributed by atoms with Crippen LogP contribution >= 0.6 is 0 Å². The minimum atomic E-state index is -1.09. The van der Waals surface area contributed by atoms with Crippen molar-refractivity contribution in [1.82, 2.24) is 15.8 Å². The second-order valence-corrected chi connectivity index (χ2v) is 7.07. The first-order valence-electron chi connectivity index (χ1n) is 10.1. The molecule has 2 rings (SSSR count). The van der Waals surface area contributed by atoms with Gasteiger partial charge in [-0.05, 0) is 24.0 Å². The van der Waals surface area contributed by atoms with E-state index in [4.69, 9.17) is 11.5 Å². The number of carbonyl (C=O) groups excluding carboxylic acids is 1.